The van der Waals surface area contributed by atoms with Crippen molar-refractivity contribution in [2.45, 2.75) is 38.5 Å². The molecule has 9 heteroatoms. The standard InChI is InChI=1S/C24H31N3O5S/c1-4-18-5-6-19(16-22(18)33(30,31)27-11-13-32-14-12-27)24(29)26-21-9-7-20(8-10-21)25-23(28)15-17(2)3/h5-10,16-17H,4,11-15H2,1-3H3,(H,25,28)(H,26,29). The van der Waals surface area contributed by atoms with Crippen LogP contribution < -0.4 is 10.6 Å². The van der Waals surface area contributed by atoms with Crippen molar-refractivity contribution in [2.24, 2.45) is 5.92 Å². The molecule has 0 aliphatic carbocycles. The van der Waals surface area contributed by atoms with Crippen LogP contribution in [0.2, 0.25) is 0 Å². The van der Waals surface area contributed by atoms with Gasteiger partial charge in [0, 0.05) is 36.4 Å². The van der Waals surface area contributed by atoms with Crippen LogP contribution in [0.5, 0.6) is 0 Å². The molecular weight excluding hydrogens is 442 g/mol. The third kappa shape index (κ3) is 6.40. The van der Waals surface area contributed by atoms with Gasteiger partial charge in [0.1, 0.15) is 0 Å². The Bertz CT molecular complexity index is 1090. The monoisotopic (exact) mass is 473 g/mol. The van der Waals surface area contributed by atoms with E-state index in [-0.39, 0.29) is 22.3 Å². The lowest BCUT2D eigenvalue weighted by molar-refractivity contribution is -0.116. The number of aryl methyl sites for hydroxylation is 1. The summed E-state index contributed by atoms with van der Waals surface area (Å²) < 4.78 is 33.1. The molecule has 3 rings (SSSR count). The number of nitrogens with one attached hydrogen (secondary N) is 2. The molecule has 2 amide bonds. The van der Waals surface area contributed by atoms with Crippen LogP contribution in [-0.4, -0.2) is 50.8 Å². The van der Waals surface area contributed by atoms with Crippen molar-refractivity contribution in [1.29, 1.82) is 0 Å². The molecule has 0 atom stereocenters. The van der Waals surface area contributed by atoms with Crippen LogP contribution in [0.1, 0.15) is 43.1 Å². The normalized spacial score (nSPS) is 14.8. The topological polar surface area (TPSA) is 105 Å². The summed E-state index contributed by atoms with van der Waals surface area (Å²) in [5.74, 6) is -0.209. The van der Waals surface area contributed by atoms with Crippen LogP contribution in [0, 0.1) is 5.92 Å². The molecule has 33 heavy (non-hydrogen) atoms. The molecule has 178 valence electrons. The number of rotatable bonds is 8. The number of anilines is 2. The maximum Gasteiger partial charge on any atom is 0.255 e. The van der Waals surface area contributed by atoms with Gasteiger partial charge in [-0.05, 0) is 54.3 Å². The maximum atomic E-state index is 13.2. The summed E-state index contributed by atoms with van der Waals surface area (Å²) in [6, 6.07) is 11.6. The van der Waals surface area contributed by atoms with Gasteiger partial charge in [0.25, 0.3) is 5.91 Å². The number of carbonyl (C=O) groups excluding carboxylic acids is 2. The number of nitrogens with zero attached hydrogens (tertiary/aromatic N) is 1. The minimum absolute atomic E-state index is 0.0631. The molecule has 0 aromatic heterocycles. The second kappa shape index (κ2) is 10.9. The van der Waals surface area contributed by atoms with Crippen molar-refractivity contribution in [3.05, 3.63) is 53.6 Å². The number of sulfonamides is 1. The molecule has 2 aromatic rings. The smallest absolute Gasteiger partial charge is 0.255 e. The number of ether oxygens (including phenoxy) is 1. The first-order valence-corrected chi connectivity index (χ1v) is 12.6. The minimum Gasteiger partial charge on any atom is -0.379 e. The summed E-state index contributed by atoms with van der Waals surface area (Å²) in [6.45, 7) is 7.13. The number of hydrogen-bond acceptors (Lipinski definition) is 5. The average Bonchev–Trinajstić information content (AvgIpc) is 2.80. The SMILES string of the molecule is CCc1ccc(C(=O)Nc2ccc(NC(=O)CC(C)C)cc2)cc1S(=O)(=O)N1CCOCC1. The summed E-state index contributed by atoms with van der Waals surface area (Å²) in [5, 5.41) is 5.61. The number of hydrogen-bond donors (Lipinski definition) is 2. The van der Waals surface area contributed by atoms with Crippen molar-refractivity contribution >= 4 is 33.2 Å². The van der Waals surface area contributed by atoms with E-state index in [2.05, 4.69) is 10.6 Å². The third-order valence-electron chi connectivity index (χ3n) is 5.32. The van der Waals surface area contributed by atoms with Gasteiger partial charge in [0.2, 0.25) is 15.9 Å². The third-order valence-corrected chi connectivity index (χ3v) is 7.30. The minimum atomic E-state index is -3.73. The Morgan fingerprint density at radius 1 is 1.00 bits per heavy atom. The van der Waals surface area contributed by atoms with Crippen LogP contribution in [0.3, 0.4) is 0 Å². The maximum absolute atomic E-state index is 13.2. The molecule has 0 saturated carbocycles. The van der Waals surface area contributed by atoms with E-state index >= 15 is 0 Å². The summed E-state index contributed by atoms with van der Waals surface area (Å²) >= 11 is 0. The Balaban J connectivity index is 1.75. The van der Waals surface area contributed by atoms with Crippen molar-refractivity contribution in [1.82, 2.24) is 4.31 Å². The van der Waals surface area contributed by atoms with Crippen molar-refractivity contribution in [2.75, 3.05) is 36.9 Å². The lowest BCUT2D eigenvalue weighted by Gasteiger charge is -2.27. The van der Waals surface area contributed by atoms with Crippen LogP contribution in [0.15, 0.2) is 47.4 Å². The van der Waals surface area contributed by atoms with Crippen LogP contribution >= 0.6 is 0 Å². The van der Waals surface area contributed by atoms with E-state index in [0.717, 1.165) is 0 Å². The summed E-state index contributed by atoms with van der Waals surface area (Å²) in [4.78, 5) is 24.9. The van der Waals surface area contributed by atoms with E-state index in [4.69, 9.17) is 4.74 Å². The van der Waals surface area contributed by atoms with E-state index in [9.17, 15) is 18.0 Å². The Morgan fingerprint density at radius 3 is 2.18 bits per heavy atom. The number of morpholine rings is 1. The zero-order valence-electron chi connectivity index (χ0n) is 19.3. The Labute approximate surface area is 195 Å². The van der Waals surface area contributed by atoms with Crippen LogP contribution in [0.25, 0.3) is 0 Å². The van der Waals surface area contributed by atoms with Crippen LogP contribution in [0.4, 0.5) is 11.4 Å². The number of amides is 2. The highest BCUT2D eigenvalue weighted by atomic mass is 32.2. The highest BCUT2D eigenvalue weighted by Crippen LogP contribution is 2.24. The lowest BCUT2D eigenvalue weighted by atomic mass is 10.1. The van der Waals surface area contributed by atoms with Gasteiger partial charge in [0.15, 0.2) is 0 Å². The lowest BCUT2D eigenvalue weighted by Crippen LogP contribution is -2.41. The van der Waals surface area contributed by atoms with Gasteiger partial charge in [-0.1, -0.05) is 26.8 Å². The average molecular weight is 474 g/mol. The molecule has 1 aliphatic heterocycles. The molecule has 1 heterocycles. The molecule has 1 aliphatic rings. The predicted octanol–water partition coefficient (Wildman–Crippen LogP) is 3.51. The van der Waals surface area contributed by atoms with E-state index in [0.29, 0.717) is 56.1 Å². The molecule has 8 nitrogen and oxygen atoms in total. The molecule has 2 aromatic carbocycles. The molecule has 1 fully saturated rings. The number of carbonyl (C=O) groups is 2. The van der Waals surface area contributed by atoms with Crippen molar-refractivity contribution in [3.63, 3.8) is 0 Å². The first-order valence-electron chi connectivity index (χ1n) is 11.1. The second-order valence-electron chi connectivity index (χ2n) is 8.37. The quantitative estimate of drug-likeness (QED) is 0.611. The van der Waals surface area contributed by atoms with Gasteiger partial charge in [-0.3, -0.25) is 9.59 Å². The van der Waals surface area contributed by atoms with E-state index in [1.54, 1.807) is 36.4 Å². The molecule has 0 unspecified atom stereocenters. The summed E-state index contributed by atoms with van der Waals surface area (Å²) in [7, 11) is -3.73. The van der Waals surface area contributed by atoms with Gasteiger partial charge in [-0.15, -0.1) is 0 Å². The molecule has 0 radical (unpaired) electrons. The van der Waals surface area contributed by atoms with Gasteiger partial charge < -0.3 is 15.4 Å². The highest BCUT2D eigenvalue weighted by Gasteiger charge is 2.29. The molecule has 0 bridgehead atoms. The van der Waals surface area contributed by atoms with Gasteiger partial charge in [0.05, 0.1) is 18.1 Å². The van der Waals surface area contributed by atoms with Gasteiger partial charge in [-0.2, -0.15) is 4.31 Å². The number of benzene rings is 2. The first kappa shape index (κ1) is 24.9. The summed E-state index contributed by atoms with van der Waals surface area (Å²) in [6.07, 6.45) is 0.965. The summed E-state index contributed by atoms with van der Waals surface area (Å²) in [5.41, 5.74) is 2.11. The van der Waals surface area contributed by atoms with Crippen molar-refractivity contribution in [3.8, 4) is 0 Å². The molecule has 1 saturated heterocycles. The van der Waals surface area contributed by atoms with Crippen molar-refractivity contribution < 1.29 is 22.7 Å². The fourth-order valence-corrected chi connectivity index (χ4v) is 5.30. The highest BCUT2D eigenvalue weighted by molar-refractivity contribution is 7.89. The van der Waals surface area contributed by atoms with Gasteiger partial charge >= 0.3 is 0 Å². The zero-order valence-corrected chi connectivity index (χ0v) is 20.1. The fraction of sp³-hybridized carbons (Fsp3) is 0.417. The van der Waals surface area contributed by atoms with E-state index in [1.165, 1.54) is 10.4 Å². The van der Waals surface area contributed by atoms with E-state index < -0.39 is 15.9 Å². The molecular formula is C24H31N3O5S. The van der Waals surface area contributed by atoms with Gasteiger partial charge in [-0.25, -0.2) is 8.42 Å². The Morgan fingerprint density at radius 2 is 1.61 bits per heavy atom. The van der Waals surface area contributed by atoms with Crippen LogP contribution in [-0.2, 0) is 26.0 Å². The van der Waals surface area contributed by atoms with E-state index in [1.807, 2.05) is 20.8 Å². The fourth-order valence-electron chi connectivity index (χ4n) is 3.58. The zero-order chi connectivity index (χ0) is 24.0. The Hall–Kier alpha value is -2.75. The predicted molar refractivity (Wildman–Crippen MR) is 128 cm³/mol. The Kier molecular flexibility index (Phi) is 8.23. The molecule has 2 N–H and O–H groups in total. The molecule has 0 spiro atoms. The largest absolute Gasteiger partial charge is 0.379 e. The first-order chi connectivity index (χ1) is 15.7. The second-order valence-corrected chi connectivity index (χ2v) is 10.3.